The van der Waals surface area contributed by atoms with Crippen molar-refractivity contribution in [2.24, 2.45) is 5.92 Å². The molecule has 0 aromatic heterocycles. The quantitative estimate of drug-likeness (QED) is 0.760. The van der Waals surface area contributed by atoms with Gasteiger partial charge in [0.2, 0.25) is 15.9 Å². The molecule has 1 N–H and O–H groups in total. The maximum atomic E-state index is 12.9. The number of benzene rings is 2. The molecule has 0 radical (unpaired) electrons. The zero-order valence-electron chi connectivity index (χ0n) is 17.3. The molecule has 0 unspecified atom stereocenters. The van der Waals surface area contributed by atoms with Crippen LogP contribution < -0.4 is 5.32 Å². The van der Waals surface area contributed by atoms with Gasteiger partial charge in [0.1, 0.15) is 0 Å². The molecule has 0 aliphatic carbocycles. The molecule has 1 amide bonds. The number of carbonyl (C=O) groups is 1. The molecule has 1 heterocycles. The van der Waals surface area contributed by atoms with Crippen LogP contribution >= 0.6 is 0 Å². The van der Waals surface area contributed by atoms with Gasteiger partial charge >= 0.3 is 0 Å². The van der Waals surface area contributed by atoms with E-state index in [1.165, 1.54) is 4.31 Å². The van der Waals surface area contributed by atoms with Gasteiger partial charge in [-0.2, -0.15) is 9.57 Å². The first-order chi connectivity index (χ1) is 14.3. The van der Waals surface area contributed by atoms with Crippen LogP contribution in [0, 0.1) is 17.2 Å². The van der Waals surface area contributed by atoms with Crippen molar-refractivity contribution in [1.29, 1.82) is 5.26 Å². The normalized spacial score (nSPS) is 15.7. The van der Waals surface area contributed by atoms with Crippen LogP contribution in [0.1, 0.15) is 43.7 Å². The second-order valence-electron chi connectivity index (χ2n) is 7.92. The number of nitriles is 1. The van der Waals surface area contributed by atoms with Crippen molar-refractivity contribution in [2.45, 2.75) is 43.9 Å². The molecule has 0 spiro atoms. The van der Waals surface area contributed by atoms with Gasteiger partial charge in [-0.3, -0.25) is 4.79 Å². The fourth-order valence-corrected chi connectivity index (χ4v) is 5.04. The standard InChI is InChI=1S/C23H27N3O3S/c1-17(2)19-5-9-22(10-6-19)30(28,29)26-15-12-20(13-16-26)23(27)25-21-7-3-18(4-8-21)11-14-24/h3-10,17,20H,11-13,15-16H2,1-2H3,(H,25,27). The number of hydrogen-bond acceptors (Lipinski definition) is 4. The molecule has 1 fully saturated rings. The molecule has 1 saturated heterocycles. The summed E-state index contributed by atoms with van der Waals surface area (Å²) in [5.41, 5.74) is 2.68. The summed E-state index contributed by atoms with van der Waals surface area (Å²) in [6.45, 7) is 4.79. The van der Waals surface area contributed by atoms with Gasteiger partial charge in [0, 0.05) is 24.7 Å². The monoisotopic (exact) mass is 425 g/mol. The van der Waals surface area contributed by atoms with Gasteiger partial charge in [-0.25, -0.2) is 8.42 Å². The van der Waals surface area contributed by atoms with Crippen molar-refractivity contribution in [2.75, 3.05) is 18.4 Å². The Morgan fingerprint density at radius 2 is 1.70 bits per heavy atom. The highest BCUT2D eigenvalue weighted by molar-refractivity contribution is 7.89. The van der Waals surface area contributed by atoms with E-state index in [0.29, 0.717) is 48.9 Å². The highest BCUT2D eigenvalue weighted by Crippen LogP contribution is 2.26. The number of rotatable bonds is 6. The minimum absolute atomic E-state index is 0.0960. The Labute approximate surface area is 178 Å². The molecule has 2 aromatic rings. The summed E-state index contributed by atoms with van der Waals surface area (Å²) in [6, 6.07) is 16.3. The van der Waals surface area contributed by atoms with Crippen molar-refractivity contribution in [1.82, 2.24) is 4.31 Å². The minimum atomic E-state index is -3.55. The molecule has 7 heteroatoms. The molecule has 2 aromatic carbocycles. The maximum absolute atomic E-state index is 12.9. The number of nitrogens with one attached hydrogen (secondary N) is 1. The molecule has 1 aliphatic heterocycles. The van der Waals surface area contributed by atoms with Gasteiger partial charge in [-0.1, -0.05) is 38.1 Å². The molecular formula is C23H27N3O3S. The molecule has 0 saturated carbocycles. The molecule has 158 valence electrons. The number of piperidine rings is 1. The Balaban J connectivity index is 1.58. The lowest BCUT2D eigenvalue weighted by Crippen LogP contribution is -2.41. The Morgan fingerprint density at radius 3 is 2.23 bits per heavy atom. The van der Waals surface area contributed by atoms with Crippen LogP contribution in [-0.2, 0) is 21.2 Å². The summed E-state index contributed by atoms with van der Waals surface area (Å²) in [4.78, 5) is 12.9. The van der Waals surface area contributed by atoms with Crippen molar-refractivity contribution in [3.05, 3.63) is 59.7 Å². The first-order valence-corrected chi connectivity index (χ1v) is 11.6. The van der Waals surface area contributed by atoms with Crippen LogP contribution in [0.5, 0.6) is 0 Å². The number of amides is 1. The third kappa shape index (κ3) is 5.07. The number of nitrogens with zero attached hydrogens (tertiary/aromatic N) is 2. The van der Waals surface area contributed by atoms with Gasteiger partial charge in [-0.05, 0) is 54.2 Å². The molecule has 6 nitrogen and oxygen atoms in total. The van der Waals surface area contributed by atoms with Crippen LogP contribution in [-0.4, -0.2) is 31.7 Å². The van der Waals surface area contributed by atoms with Crippen LogP contribution in [0.3, 0.4) is 0 Å². The molecule has 0 atom stereocenters. The van der Waals surface area contributed by atoms with Crippen LogP contribution in [0.4, 0.5) is 5.69 Å². The smallest absolute Gasteiger partial charge is 0.243 e. The van der Waals surface area contributed by atoms with Crippen molar-refractivity contribution in [3.8, 4) is 6.07 Å². The van der Waals surface area contributed by atoms with Gasteiger partial charge < -0.3 is 5.32 Å². The van der Waals surface area contributed by atoms with Gasteiger partial charge in [0.05, 0.1) is 17.4 Å². The second-order valence-corrected chi connectivity index (χ2v) is 9.86. The van der Waals surface area contributed by atoms with E-state index >= 15 is 0 Å². The van der Waals surface area contributed by atoms with E-state index in [9.17, 15) is 13.2 Å². The summed E-state index contributed by atoms with van der Waals surface area (Å²) in [7, 11) is -3.55. The molecule has 3 rings (SSSR count). The van der Waals surface area contributed by atoms with Crippen molar-refractivity contribution in [3.63, 3.8) is 0 Å². The van der Waals surface area contributed by atoms with E-state index in [2.05, 4.69) is 25.2 Å². The zero-order chi connectivity index (χ0) is 21.7. The Morgan fingerprint density at radius 1 is 1.10 bits per heavy atom. The van der Waals surface area contributed by atoms with E-state index in [1.807, 2.05) is 24.3 Å². The summed E-state index contributed by atoms with van der Waals surface area (Å²) >= 11 is 0. The Hall–Kier alpha value is -2.69. The van der Waals surface area contributed by atoms with Crippen molar-refractivity contribution >= 4 is 21.6 Å². The molecular weight excluding hydrogens is 398 g/mol. The number of sulfonamides is 1. The summed E-state index contributed by atoms with van der Waals surface area (Å²) < 4.78 is 27.3. The first-order valence-electron chi connectivity index (χ1n) is 10.2. The van der Waals surface area contributed by atoms with Gasteiger partial charge in [-0.15, -0.1) is 0 Å². The fourth-order valence-electron chi connectivity index (χ4n) is 3.57. The van der Waals surface area contributed by atoms with Gasteiger partial charge in [0.25, 0.3) is 0 Å². The van der Waals surface area contributed by atoms with Crippen LogP contribution in [0.25, 0.3) is 0 Å². The second kappa shape index (κ2) is 9.41. The largest absolute Gasteiger partial charge is 0.326 e. The SMILES string of the molecule is CC(C)c1ccc(S(=O)(=O)N2CCC(C(=O)Nc3ccc(CC#N)cc3)CC2)cc1. The summed E-state index contributed by atoms with van der Waals surface area (Å²) in [6.07, 6.45) is 1.31. The van der Waals surface area contributed by atoms with Gasteiger partial charge in [0.15, 0.2) is 0 Å². The average molecular weight is 426 g/mol. The lowest BCUT2D eigenvalue weighted by atomic mass is 9.97. The topological polar surface area (TPSA) is 90.3 Å². The lowest BCUT2D eigenvalue weighted by molar-refractivity contribution is -0.120. The summed E-state index contributed by atoms with van der Waals surface area (Å²) in [5.74, 6) is 0.0264. The third-order valence-corrected chi connectivity index (χ3v) is 7.43. The summed E-state index contributed by atoms with van der Waals surface area (Å²) in [5, 5.41) is 11.6. The van der Waals surface area contributed by atoms with E-state index in [1.54, 1.807) is 24.3 Å². The predicted molar refractivity (Wildman–Crippen MR) is 116 cm³/mol. The van der Waals surface area contributed by atoms with Crippen molar-refractivity contribution < 1.29 is 13.2 Å². The first kappa shape index (κ1) is 22.0. The van der Waals surface area contributed by atoms with Crippen LogP contribution in [0.15, 0.2) is 53.4 Å². The van der Waals surface area contributed by atoms with Crippen LogP contribution in [0.2, 0.25) is 0 Å². The van der Waals surface area contributed by atoms with E-state index < -0.39 is 10.0 Å². The highest BCUT2D eigenvalue weighted by atomic mass is 32.2. The van der Waals surface area contributed by atoms with E-state index in [0.717, 1.165) is 11.1 Å². The predicted octanol–water partition coefficient (Wildman–Crippen LogP) is 3.92. The third-order valence-electron chi connectivity index (χ3n) is 5.51. The maximum Gasteiger partial charge on any atom is 0.243 e. The number of carbonyl (C=O) groups excluding carboxylic acids is 1. The lowest BCUT2D eigenvalue weighted by Gasteiger charge is -2.30. The fraction of sp³-hybridized carbons (Fsp3) is 0.391. The molecule has 0 bridgehead atoms. The Bertz CT molecular complexity index is 1010. The van der Waals surface area contributed by atoms with E-state index in [-0.39, 0.29) is 11.8 Å². The Kier molecular flexibility index (Phi) is 6.91. The zero-order valence-corrected chi connectivity index (χ0v) is 18.2. The average Bonchev–Trinajstić information content (AvgIpc) is 2.75. The number of anilines is 1. The molecule has 30 heavy (non-hydrogen) atoms. The van der Waals surface area contributed by atoms with E-state index in [4.69, 9.17) is 5.26 Å². The minimum Gasteiger partial charge on any atom is -0.326 e. The highest BCUT2D eigenvalue weighted by Gasteiger charge is 2.32. The number of hydrogen-bond donors (Lipinski definition) is 1. The molecule has 1 aliphatic rings.